The molecule has 23 heavy (non-hydrogen) atoms. The summed E-state index contributed by atoms with van der Waals surface area (Å²) < 4.78 is 13.3. The predicted octanol–water partition coefficient (Wildman–Crippen LogP) is 3.37. The third-order valence-corrected chi connectivity index (χ3v) is 4.21. The van der Waals surface area contributed by atoms with Crippen LogP contribution in [0.3, 0.4) is 0 Å². The third kappa shape index (κ3) is 3.11. The highest BCUT2D eigenvalue weighted by molar-refractivity contribution is 5.64. The quantitative estimate of drug-likeness (QED) is 0.643. The van der Waals surface area contributed by atoms with E-state index in [1.165, 1.54) is 23.4 Å². The fraction of sp³-hybridized carbons (Fsp3) is 0.294. The summed E-state index contributed by atoms with van der Waals surface area (Å²) >= 11 is 0. The van der Waals surface area contributed by atoms with Crippen molar-refractivity contribution >= 4 is 17.1 Å². The Morgan fingerprint density at radius 1 is 1.00 bits per heavy atom. The Kier molecular flexibility index (Phi) is 4.14. The Labute approximate surface area is 134 Å². The van der Waals surface area contributed by atoms with E-state index in [4.69, 9.17) is 0 Å². The summed E-state index contributed by atoms with van der Waals surface area (Å²) in [6, 6.07) is 11.9. The predicted molar refractivity (Wildman–Crippen MR) is 88.7 cm³/mol. The lowest BCUT2D eigenvalue weighted by Crippen LogP contribution is -2.46. The van der Waals surface area contributed by atoms with Crippen molar-refractivity contribution in [3.8, 4) is 0 Å². The molecule has 0 N–H and O–H groups in total. The molecule has 1 heterocycles. The van der Waals surface area contributed by atoms with Gasteiger partial charge < -0.3 is 9.80 Å². The van der Waals surface area contributed by atoms with Crippen molar-refractivity contribution in [2.75, 3.05) is 36.0 Å². The molecule has 2 aromatic rings. The molecule has 1 saturated heterocycles. The van der Waals surface area contributed by atoms with Crippen LogP contribution in [-0.2, 0) is 0 Å². The van der Waals surface area contributed by atoms with Gasteiger partial charge in [0.15, 0.2) is 0 Å². The fourth-order valence-corrected chi connectivity index (χ4v) is 3.02. The number of halogens is 1. The molecule has 3 rings (SSSR count). The summed E-state index contributed by atoms with van der Waals surface area (Å²) in [6.45, 7) is 4.97. The Hall–Kier alpha value is -2.63. The van der Waals surface area contributed by atoms with Gasteiger partial charge in [0.05, 0.1) is 11.0 Å². The number of hydrogen-bond donors (Lipinski definition) is 0. The maximum Gasteiger partial charge on any atom is 0.295 e. The molecule has 0 aromatic heterocycles. The zero-order chi connectivity index (χ0) is 16.4. The highest BCUT2D eigenvalue weighted by Gasteiger charge is 2.24. The molecule has 0 bridgehead atoms. The number of anilines is 2. The van der Waals surface area contributed by atoms with Gasteiger partial charge in [-0.25, -0.2) is 4.39 Å². The van der Waals surface area contributed by atoms with Crippen LogP contribution >= 0.6 is 0 Å². The van der Waals surface area contributed by atoms with E-state index in [9.17, 15) is 14.5 Å². The van der Waals surface area contributed by atoms with Gasteiger partial charge in [-0.15, -0.1) is 0 Å². The minimum absolute atomic E-state index is 0.172. The lowest BCUT2D eigenvalue weighted by atomic mass is 10.1. The van der Waals surface area contributed by atoms with Gasteiger partial charge in [0.25, 0.3) is 5.69 Å². The molecule has 0 unspecified atom stereocenters. The van der Waals surface area contributed by atoms with Crippen LogP contribution in [0.25, 0.3) is 0 Å². The Bertz CT molecular complexity index is 728. The molecule has 1 fully saturated rings. The van der Waals surface area contributed by atoms with E-state index in [1.54, 1.807) is 0 Å². The van der Waals surface area contributed by atoms with Gasteiger partial charge in [-0.2, -0.15) is 0 Å². The van der Waals surface area contributed by atoms with Crippen LogP contribution in [0.5, 0.6) is 0 Å². The summed E-state index contributed by atoms with van der Waals surface area (Å²) in [7, 11) is 0. The zero-order valence-corrected chi connectivity index (χ0v) is 12.9. The summed E-state index contributed by atoms with van der Waals surface area (Å²) in [5.41, 5.74) is 2.73. The molecular weight excluding hydrogens is 297 g/mol. The molecule has 0 spiro atoms. The van der Waals surface area contributed by atoms with Crippen LogP contribution in [0.2, 0.25) is 0 Å². The largest absolute Gasteiger partial charge is 0.368 e. The van der Waals surface area contributed by atoms with Crippen LogP contribution in [0.1, 0.15) is 5.56 Å². The van der Waals surface area contributed by atoms with Crippen molar-refractivity contribution in [3.05, 3.63) is 64.0 Å². The fourth-order valence-electron chi connectivity index (χ4n) is 3.02. The Morgan fingerprint density at radius 3 is 2.22 bits per heavy atom. The summed E-state index contributed by atoms with van der Waals surface area (Å²) in [5, 5.41) is 11.1. The maximum atomic E-state index is 13.3. The monoisotopic (exact) mass is 315 g/mol. The number of benzene rings is 2. The standard InChI is InChI=1S/C17H18FN3O2/c1-13-4-2-3-5-15(13)19-8-10-20(11-9-19)16-7-6-14(18)12-17(16)21(22)23/h2-7,12H,8-11H2,1H3. The van der Waals surface area contributed by atoms with Crippen LogP contribution in [-0.4, -0.2) is 31.1 Å². The van der Waals surface area contributed by atoms with Gasteiger partial charge in [0.1, 0.15) is 11.5 Å². The first-order chi connectivity index (χ1) is 11.1. The second-order valence-corrected chi connectivity index (χ2v) is 5.65. The number of nitro benzene ring substituents is 1. The van der Waals surface area contributed by atoms with Crippen molar-refractivity contribution in [2.24, 2.45) is 0 Å². The van der Waals surface area contributed by atoms with Crippen molar-refractivity contribution < 1.29 is 9.31 Å². The van der Waals surface area contributed by atoms with E-state index in [0.29, 0.717) is 18.8 Å². The van der Waals surface area contributed by atoms with Gasteiger partial charge in [0, 0.05) is 31.9 Å². The molecule has 0 saturated carbocycles. The van der Waals surface area contributed by atoms with Crippen molar-refractivity contribution in [1.82, 2.24) is 0 Å². The second kappa shape index (κ2) is 6.24. The van der Waals surface area contributed by atoms with Crippen LogP contribution in [0.15, 0.2) is 42.5 Å². The Morgan fingerprint density at radius 2 is 1.61 bits per heavy atom. The molecular formula is C17H18FN3O2. The smallest absolute Gasteiger partial charge is 0.295 e. The number of piperazine rings is 1. The molecule has 2 aromatic carbocycles. The number of nitrogens with zero attached hydrogens (tertiary/aromatic N) is 3. The number of para-hydroxylation sites is 1. The molecule has 1 aliphatic heterocycles. The molecule has 0 aliphatic carbocycles. The number of hydrogen-bond acceptors (Lipinski definition) is 4. The summed E-state index contributed by atoms with van der Waals surface area (Å²) in [5.74, 6) is -0.584. The molecule has 1 aliphatic rings. The highest BCUT2D eigenvalue weighted by Crippen LogP contribution is 2.30. The first kappa shape index (κ1) is 15.3. The van der Waals surface area contributed by atoms with Gasteiger partial charge in [0.2, 0.25) is 0 Å². The first-order valence-electron chi connectivity index (χ1n) is 7.56. The highest BCUT2D eigenvalue weighted by atomic mass is 19.1. The maximum absolute atomic E-state index is 13.3. The lowest BCUT2D eigenvalue weighted by Gasteiger charge is -2.37. The van der Waals surface area contributed by atoms with E-state index in [1.807, 2.05) is 17.0 Å². The lowest BCUT2D eigenvalue weighted by molar-refractivity contribution is -0.384. The number of aryl methyl sites for hydroxylation is 1. The normalized spacial score (nSPS) is 14.9. The minimum Gasteiger partial charge on any atom is -0.368 e. The second-order valence-electron chi connectivity index (χ2n) is 5.65. The van der Waals surface area contributed by atoms with E-state index in [2.05, 4.69) is 24.0 Å². The van der Waals surface area contributed by atoms with Crippen molar-refractivity contribution in [3.63, 3.8) is 0 Å². The molecule has 0 radical (unpaired) electrons. The first-order valence-corrected chi connectivity index (χ1v) is 7.56. The van der Waals surface area contributed by atoms with Gasteiger partial charge in [-0.1, -0.05) is 18.2 Å². The molecule has 120 valence electrons. The van der Waals surface area contributed by atoms with E-state index in [0.717, 1.165) is 19.2 Å². The SMILES string of the molecule is Cc1ccccc1N1CCN(c2ccc(F)cc2[N+](=O)[O-])CC1. The van der Waals surface area contributed by atoms with E-state index < -0.39 is 10.7 Å². The van der Waals surface area contributed by atoms with Gasteiger partial charge in [-0.05, 0) is 30.7 Å². The topological polar surface area (TPSA) is 49.6 Å². The van der Waals surface area contributed by atoms with Crippen molar-refractivity contribution in [1.29, 1.82) is 0 Å². The number of rotatable bonds is 3. The Balaban J connectivity index is 1.77. The molecule has 5 nitrogen and oxygen atoms in total. The van der Waals surface area contributed by atoms with E-state index in [-0.39, 0.29) is 5.69 Å². The third-order valence-electron chi connectivity index (χ3n) is 4.21. The molecule has 0 amide bonds. The van der Waals surface area contributed by atoms with Gasteiger partial charge in [-0.3, -0.25) is 10.1 Å². The number of nitro groups is 1. The van der Waals surface area contributed by atoms with Crippen LogP contribution < -0.4 is 9.80 Å². The summed E-state index contributed by atoms with van der Waals surface area (Å²) in [4.78, 5) is 14.9. The minimum atomic E-state index is -0.584. The molecule has 6 heteroatoms. The van der Waals surface area contributed by atoms with Crippen LogP contribution in [0.4, 0.5) is 21.5 Å². The van der Waals surface area contributed by atoms with Crippen molar-refractivity contribution in [2.45, 2.75) is 6.92 Å². The van der Waals surface area contributed by atoms with Gasteiger partial charge >= 0.3 is 0 Å². The summed E-state index contributed by atoms with van der Waals surface area (Å²) in [6.07, 6.45) is 0. The molecule has 0 atom stereocenters. The van der Waals surface area contributed by atoms with E-state index >= 15 is 0 Å². The average molecular weight is 315 g/mol. The zero-order valence-electron chi connectivity index (χ0n) is 12.9. The van der Waals surface area contributed by atoms with Crippen LogP contribution in [0, 0.1) is 22.9 Å². The average Bonchev–Trinajstić information content (AvgIpc) is 2.55.